The van der Waals surface area contributed by atoms with Gasteiger partial charge in [0.15, 0.2) is 0 Å². The highest BCUT2D eigenvalue weighted by Gasteiger charge is 2.22. The first-order valence-electron chi connectivity index (χ1n) is 8.41. The lowest BCUT2D eigenvalue weighted by molar-refractivity contribution is -0.119. The predicted molar refractivity (Wildman–Crippen MR) is 115 cm³/mol. The molecule has 0 bridgehead atoms. The molecule has 0 aliphatic rings. The third kappa shape index (κ3) is 5.97. The van der Waals surface area contributed by atoms with Gasteiger partial charge in [-0.15, -0.1) is 0 Å². The number of nitrogens with one attached hydrogen (secondary N) is 1. The van der Waals surface area contributed by atoms with Crippen LogP contribution in [0.4, 0.5) is 11.4 Å². The van der Waals surface area contributed by atoms with Gasteiger partial charge in [0.05, 0.1) is 18.2 Å². The van der Waals surface area contributed by atoms with Gasteiger partial charge in [0.1, 0.15) is 6.54 Å². The Kier molecular flexibility index (Phi) is 7.04. The smallest absolute Gasteiger partial charge is 0.260 e. The zero-order valence-electron chi connectivity index (χ0n) is 16.2. The second kappa shape index (κ2) is 9.07. The van der Waals surface area contributed by atoms with Crippen LogP contribution in [0, 0.1) is 6.92 Å². The van der Waals surface area contributed by atoms with Crippen LogP contribution in [0.2, 0.25) is 5.02 Å². The summed E-state index contributed by atoms with van der Waals surface area (Å²) in [6.07, 6.45) is 2.54. The first kappa shape index (κ1) is 21.7. The number of aryl methyl sites for hydroxylation is 1. The summed E-state index contributed by atoms with van der Waals surface area (Å²) in [6.45, 7) is 1.34. The fourth-order valence-electron chi connectivity index (χ4n) is 2.48. The molecule has 28 heavy (non-hydrogen) atoms. The van der Waals surface area contributed by atoms with Gasteiger partial charge >= 0.3 is 0 Å². The quantitative estimate of drug-likeness (QED) is 0.549. The van der Waals surface area contributed by atoms with E-state index in [1.165, 1.54) is 6.21 Å². The van der Waals surface area contributed by atoms with Crippen molar-refractivity contribution in [3.8, 4) is 0 Å². The number of carbonyl (C=O) groups excluding carboxylic acids is 1. The number of rotatable bonds is 7. The van der Waals surface area contributed by atoms with Crippen molar-refractivity contribution in [1.29, 1.82) is 0 Å². The molecule has 150 valence electrons. The normalized spacial score (nSPS) is 11.5. The third-order valence-corrected chi connectivity index (χ3v) is 5.29. The van der Waals surface area contributed by atoms with Crippen LogP contribution < -0.4 is 14.6 Å². The Morgan fingerprint density at radius 3 is 2.36 bits per heavy atom. The van der Waals surface area contributed by atoms with Crippen LogP contribution in [0.5, 0.6) is 0 Å². The van der Waals surface area contributed by atoms with Crippen molar-refractivity contribution in [2.45, 2.75) is 6.92 Å². The van der Waals surface area contributed by atoms with Gasteiger partial charge in [-0.1, -0.05) is 23.7 Å². The molecule has 0 saturated heterocycles. The Balaban J connectivity index is 2.08. The molecule has 0 aliphatic carbocycles. The first-order chi connectivity index (χ1) is 13.1. The lowest BCUT2D eigenvalue weighted by Crippen LogP contribution is -2.39. The second-order valence-electron chi connectivity index (χ2n) is 6.48. The minimum atomic E-state index is -3.67. The van der Waals surface area contributed by atoms with E-state index in [4.69, 9.17) is 11.6 Å². The van der Waals surface area contributed by atoms with Crippen LogP contribution in [0.3, 0.4) is 0 Å². The number of hydrazone groups is 1. The summed E-state index contributed by atoms with van der Waals surface area (Å²) in [4.78, 5) is 14.2. The average Bonchev–Trinajstić information content (AvgIpc) is 2.60. The van der Waals surface area contributed by atoms with Gasteiger partial charge < -0.3 is 4.90 Å². The van der Waals surface area contributed by atoms with Gasteiger partial charge in [0.2, 0.25) is 10.0 Å². The molecule has 1 amide bonds. The largest absolute Gasteiger partial charge is 0.378 e. The number of hydrogen-bond acceptors (Lipinski definition) is 5. The lowest BCUT2D eigenvalue weighted by atomic mass is 10.2. The molecular formula is C19H23ClN4O3S. The molecule has 9 heteroatoms. The van der Waals surface area contributed by atoms with Crippen LogP contribution in [0.1, 0.15) is 11.1 Å². The van der Waals surface area contributed by atoms with Crippen molar-refractivity contribution in [1.82, 2.24) is 5.43 Å². The molecule has 0 fully saturated rings. The predicted octanol–water partition coefficient (Wildman–Crippen LogP) is 2.63. The molecule has 7 nitrogen and oxygen atoms in total. The van der Waals surface area contributed by atoms with E-state index in [1.807, 2.05) is 43.3 Å². The molecule has 2 rings (SSSR count). The van der Waals surface area contributed by atoms with E-state index < -0.39 is 22.5 Å². The molecule has 0 heterocycles. The van der Waals surface area contributed by atoms with E-state index in [2.05, 4.69) is 10.5 Å². The minimum Gasteiger partial charge on any atom is -0.378 e. The summed E-state index contributed by atoms with van der Waals surface area (Å²) in [5.41, 5.74) is 5.25. The number of carbonyl (C=O) groups is 1. The molecule has 0 spiro atoms. The monoisotopic (exact) mass is 422 g/mol. The van der Waals surface area contributed by atoms with Crippen LogP contribution >= 0.6 is 11.6 Å². The SMILES string of the molecule is Cc1cc(Cl)ccc1N(CC(=O)N/N=C\c1ccc(N(C)C)cc1)S(C)(=O)=O. The average molecular weight is 423 g/mol. The Morgan fingerprint density at radius 2 is 1.82 bits per heavy atom. The summed E-state index contributed by atoms with van der Waals surface area (Å²) >= 11 is 5.93. The van der Waals surface area contributed by atoms with Crippen molar-refractivity contribution >= 4 is 45.1 Å². The summed E-state index contributed by atoms with van der Waals surface area (Å²) in [7, 11) is 0.222. The minimum absolute atomic E-state index is 0.391. The molecule has 0 aromatic heterocycles. The molecule has 2 aromatic rings. The van der Waals surface area contributed by atoms with E-state index in [-0.39, 0.29) is 0 Å². The fraction of sp³-hybridized carbons (Fsp3) is 0.263. The first-order valence-corrected chi connectivity index (χ1v) is 10.6. The second-order valence-corrected chi connectivity index (χ2v) is 8.82. The van der Waals surface area contributed by atoms with E-state index >= 15 is 0 Å². The summed E-state index contributed by atoms with van der Waals surface area (Å²) < 4.78 is 25.3. The Hall–Kier alpha value is -2.58. The fourth-order valence-corrected chi connectivity index (χ4v) is 3.62. The molecule has 0 unspecified atom stereocenters. The van der Waals surface area contributed by atoms with E-state index in [0.717, 1.165) is 21.8 Å². The summed E-state index contributed by atoms with van der Waals surface area (Å²) in [5.74, 6) is -0.555. The molecule has 1 N–H and O–H groups in total. The van der Waals surface area contributed by atoms with Crippen molar-refractivity contribution < 1.29 is 13.2 Å². The molecule has 2 aromatic carbocycles. The molecule has 0 saturated carbocycles. The highest BCUT2D eigenvalue weighted by molar-refractivity contribution is 7.92. The highest BCUT2D eigenvalue weighted by atomic mass is 35.5. The Labute approximate surface area is 170 Å². The van der Waals surface area contributed by atoms with Gasteiger partial charge in [0.25, 0.3) is 5.91 Å². The number of amides is 1. The summed E-state index contributed by atoms with van der Waals surface area (Å²) in [5, 5.41) is 4.39. The van der Waals surface area contributed by atoms with E-state index in [9.17, 15) is 13.2 Å². The van der Waals surface area contributed by atoms with Crippen LogP contribution in [-0.2, 0) is 14.8 Å². The number of nitrogens with zero attached hydrogens (tertiary/aromatic N) is 3. The van der Waals surface area contributed by atoms with Gasteiger partial charge in [-0.2, -0.15) is 5.10 Å². The van der Waals surface area contributed by atoms with Crippen LogP contribution in [-0.4, -0.2) is 47.4 Å². The summed E-state index contributed by atoms with van der Waals surface area (Å²) in [6, 6.07) is 12.4. The Bertz CT molecular complexity index is 973. The zero-order chi connectivity index (χ0) is 20.9. The molecule has 0 radical (unpaired) electrons. The topological polar surface area (TPSA) is 82.1 Å². The Morgan fingerprint density at radius 1 is 1.18 bits per heavy atom. The van der Waals surface area contributed by atoms with Crippen molar-refractivity contribution in [2.75, 3.05) is 36.1 Å². The number of sulfonamides is 1. The van der Waals surface area contributed by atoms with Crippen LogP contribution in [0.15, 0.2) is 47.6 Å². The van der Waals surface area contributed by atoms with Crippen molar-refractivity contribution in [3.05, 3.63) is 58.6 Å². The van der Waals surface area contributed by atoms with E-state index in [1.54, 1.807) is 25.1 Å². The third-order valence-electron chi connectivity index (χ3n) is 3.93. The van der Waals surface area contributed by atoms with Gasteiger partial charge in [0, 0.05) is 24.8 Å². The maximum Gasteiger partial charge on any atom is 0.260 e. The number of hydrogen-bond donors (Lipinski definition) is 1. The highest BCUT2D eigenvalue weighted by Crippen LogP contribution is 2.25. The number of halogens is 1. The standard InChI is InChI=1S/C19H23ClN4O3S/c1-14-11-16(20)7-10-18(14)24(28(4,26)27)13-19(25)22-21-12-15-5-8-17(9-6-15)23(2)3/h5-12H,13H2,1-4H3,(H,22,25)/b21-12-. The molecule has 0 atom stereocenters. The van der Waals surface area contributed by atoms with E-state index in [0.29, 0.717) is 16.3 Å². The maximum atomic E-state index is 12.2. The lowest BCUT2D eigenvalue weighted by Gasteiger charge is -2.23. The van der Waals surface area contributed by atoms with Crippen molar-refractivity contribution in [2.24, 2.45) is 5.10 Å². The van der Waals surface area contributed by atoms with Gasteiger partial charge in [-0.05, 0) is 48.4 Å². The van der Waals surface area contributed by atoms with Crippen molar-refractivity contribution in [3.63, 3.8) is 0 Å². The van der Waals surface area contributed by atoms with Gasteiger partial charge in [-0.3, -0.25) is 9.10 Å². The van der Waals surface area contributed by atoms with Crippen LogP contribution in [0.25, 0.3) is 0 Å². The zero-order valence-corrected chi connectivity index (χ0v) is 17.8. The molecular weight excluding hydrogens is 400 g/mol. The number of benzene rings is 2. The number of anilines is 2. The van der Waals surface area contributed by atoms with Gasteiger partial charge in [-0.25, -0.2) is 13.8 Å². The molecule has 0 aliphatic heterocycles. The maximum absolute atomic E-state index is 12.2.